The summed E-state index contributed by atoms with van der Waals surface area (Å²) in [7, 11) is 1.39. The molecule has 2 N–H and O–H groups in total. The quantitative estimate of drug-likeness (QED) is 0.150. The topological polar surface area (TPSA) is 100 Å². The van der Waals surface area contributed by atoms with Crippen LogP contribution >= 0.6 is 0 Å². The first-order valence-electron chi connectivity index (χ1n) is 10.2. The van der Waals surface area contributed by atoms with E-state index in [4.69, 9.17) is 0 Å². The fourth-order valence-electron chi connectivity index (χ4n) is 4.49. The van der Waals surface area contributed by atoms with E-state index in [2.05, 4.69) is 32.5 Å². The van der Waals surface area contributed by atoms with Gasteiger partial charge in [0.25, 0.3) is 0 Å². The maximum absolute atomic E-state index is 12.7. The third-order valence-electron chi connectivity index (χ3n) is 5.82. The number of aliphatic imine (C=N–C) groups is 1. The number of unbranched alkanes of at least 4 members (excludes halogenated alkanes) is 1. The molecule has 1 saturated heterocycles. The summed E-state index contributed by atoms with van der Waals surface area (Å²) in [6, 6.07) is 0. The van der Waals surface area contributed by atoms with E-state index >= 15 is 0 Å². The Balaban J connectivity index is 1.43. The van der Waals surface area contributed by atoms with Crippen LogP contribution in [-0.4, -0.2) is 61.9 Å². The van der Waals surface area contributed by atoms with Crippen LogP contribution in [0.4, 0.5) is 0 Å². The van der Waals surface area contributed by atoms with Gasteiger partial charge in [0.2, 0.25) is 11.8 Å². The van der Waals surface area contributed by atoms with Gasteiger partial charge in [-0.25, -0.2) is 0 Å². The number of imide groups is 1. The monoisotopic (exact) mass is 390 g/mol. The Labute approximate surface area is 165 Å². The molecule has 8 heteroatoms. The summed E-state index contributed by atoms with van der Waals surface area (Å²) in [5.74, 6) is 0.626. The molecule has 1 saturated carbocycles. The number of carbonyl (C=O) groups is 3. The summed E-state index contributed by atoms with van der Waals surface area (Å²) in [4.78, 5) is 42.3. The number of nitrogens with one attached hydrogen (secondary N) is 2. The van der Waals surface area contributed by atoms with Gasteiger partial charge in [-0.1, -0.05) is 12.2 Å². The Morgan fingerprint density at radius 1 is 1.18 bits per heavy atom. The smallest absolute Gasteiger partial charge is 0.305 e. The molecule has 2 bridgehead atoms. The number of esters is 1. The second-order valence-electron chi connectivity index (χ2n) is 7.55. The minimum atomic E-state index is -0.206. The van der Waals surface area contributed by atoms with Crippen molar-refractivity contribution in [3.63, 3.8) is 0 Å². The highest BCUT2D eigenvalue weighted by Crippen LogP contribution is 2.52. The van der Waals surface area contributed by atoms with E-state index < -0.39 is 0 Å². The molecule has 0 aromatic heterocycles. The number of allylic oxidation sites excluding steroid dienone is 2. The lowest BCUT2D eigenvalue weighted by Gasteiger charge is -2.18. The van der Waals surface area contributed by atoms with Crippen LogP contribution in [0.2, 0.25) is 0 Å². The minimum absolute atomic E-state index is 0.0154. The molecule has 0 aromatic rings. The number of carbonyl (C=O) groups excluding carboxylic acids is 3. The van der Waals surface area contributed by atoms with Crippen molar-refractivity contribution in [1.82, 2.24) is 15.5 Å². The summed E-state index contributed by atoms with van der Waals surface area (Å²) >= 11 is 0. The van der Waals surface area contributed by atoms with Crippen LogP contribution in [0.25, 0.3) is 0 Å². The van der Waals surface area contributed by atoms with Crippen molar-refractivity contribution in [2.75, 3.05) is 33.3 Å². The summed E-state index contributed by atoms with van der Waals surface area (Å²) < 4.78 is 4.62. The SMILES string of the molecule is CCNC(=NCCCCC(=O)OC)NCCN1C(=O)C2C3C=CC(C3)C2C1=O. The van der Waals surface area contributed by atoms with Crippen molar-refractivity contribution >= 4 is 23.7 Å². The van der Waals surface area contributed by atoms with Crippen LogP contribution in [0.3, 0.4) is 0 Å². The number of amides is 2. The Morgan fingerprint density at radius 3 is 2.46 bits per heavy atom. The number of rotatable bonds is 9. The van der Waals surface area contributed by atoms with Gasteiger partial charge in [-0.3, -0.25) is 24.3 Å². The predicted octanol–water partition coefficient (Wildman–Crippen LogP) is 0.692. The number of methoxy groups -OCH3 is 1. The maximum atomic E-state index is 12.7. The van der Waals surface area contributed by atoms with Crippen molar-refractivity contribution in [2.45, 2.75) is 32.6 Å². The minimum Gasteiger partial charge on any atom is -0.469 e. The molecule has 1 heterocycles. The number of nitrogens with zero attached hydrogens (tertiary/aromatic N) is 2. The van der Waals surface area contributed by atoms with Crippen LogP contribution in [-0.2, 0) is 19.1 Å². The van der Waals surface area contributed by atoms with Crippen molar-refractivity contribution in [1.29, 1.82) is 0 Å². The molecular weight excluding hydrogens is 360 g/mol. The highest BCUT2D eigenvalue weighted by atomic mass is 16.5. The number of fused-ring (bicyclic) bond motifs is 5. The van der Waals surface area contributed by atoms with Gasteiger partial charge < -0.3 is 15.4 Å². The molecule has 28 heavy (non-hydrogen) atoms. The third kappa shape index (κ3) is 4.20. The second-order valence-corrected chi connectivity index (χ2v) is 7.55. The van der Waals surface area contributed by atoms with Gasteiger partial charge in [-0.15, -0.1) is 0 Å². The second kappa shape index (κ2) is 9.21. The van der Waals surface area contributed by atoms with Crippen LogP contribution in [0.5, 0.6) is 0 Å². The molecule has 2 amide bonds. The largest absolute Gasteiger partial charge is 0.469 e. The summed E-state index contributed by atoms with van der Waals surface area (Å²) in [6.45, 7) is 4.11. The lowest BCUT2D eigenvalue weighted by Crippen LogP contribution is -2.43. The highest BCUT2D eigenvalue weighted by molar-refractivity contribution is 6.06. The molecule has 154 valence electrons. The van der Waals surface area contributed by atoms with Gasteiger partial charge in [0.1, 0.15) is 0 Å². The highest BCUT2D eigenvalue weighted by Gasteiger charge is 2.58. The number of guanidine groups is 1. The molecule has 0 radical (unpaired) electrons. The summed E-state index contributed by atoms with van der Waals surface area (Å²) in [6.07, 6.45) is 7.07. The van der Waals surface area contributed by atoms with Crippen molar-refractivity contribution < 1.29 is 19.1 Å². The van der Waals surface area contributed by atoms with E-state index in [0.29, 0.717) is 32.0 Å². The first-order chi connectivity index (χ1) is 13.6. The Morgan fingerprint density at radius 2 is 1.86 bits per heavy atom. The summed E-state index contributed by atoms with van der Waals surface area (Å²) in [5.41, 5.74) is 0. The van der Waals surface area contributed by atoms with E-state index in [0.717, 1.165) is 25.8 Å². The third-order valence-corrected chi connectivity index (χ3v) is 5.82. The van der Waals surface area contributed by atoms with Gasteiger partial charge in [-0.05, 0) is 38.0 Å². The fourth-order valence-corrected chi connectivity index (χ4v) is 4.49. The zero-order valence-electron chi connectivity index (χ0n) is 16.6. The van der Waals surface area contributed by atoms with Crippen LogP contribution in [0.1, 0.15) is 32.6 Å². The molecule has 8 nitrogen and oxygen atoms in total. The Hall–Kier alpha value is -2.38. The van der Waals surface area contributed by atoms with Crippen molar-refractivity contribution in [3.05, 3.63) is 12.2 Å². The number of hydrogen-bond donors (Lipinski definition) is 2. The molecule has 4 atom stereocenters. The lowest BCUT2D eigenvalue weighted by molar-refractivity contribution is -0.141. The molecule has 1 aliphatic heterocycles. The maximum Gasteiger partial charge on any atom is 0.305 e. The van der Waals surface area contributed by atoms with E-state index in [1.807, 2.05) is 6.92 Å². The van der Waals surface area contributed by atoms with Gasteiger partial charge in [0, 0.05) is 32.6 Å². The van der Waals surface area contributed by atoms with E-state index in [1.54, 1.807) is 0 Å². The predicted molar refractivity (Wildman–Crippen MR) is 104 cm³/mol. The molecule has 3 rings (SSSR count). The molecule has 0 spiro atoms. The average Bonchev–Trinajstić information content (AvgIpc) is 3.36. The van der Waals surface area contributed by atoms with E-state index in [1.165, 1.54) is 12.0 Å². The van der Waals surface area contributed by atoms with Crippen LogP contribution in [0, 0.1) is 23.7 Å². The molecule has 3 aliphatic rings. The normalized spacial score (nSPS) is 28.1. The van der Waals surface area contributed by atoms with Gasteiger partial charge >= 0.3 is 5.97 Å². The van der Waals surface area contributed by atoms with Crippen molar-refractivity contribution in [2.24, 2.45) is 28.7 Å². The first-order valence-corrected chi connectivity index (χ1v) is 10.2. The van der Waals surface area contributed by atoms with Gasteiger partial charge in [0.05, 0.1) is 18.9 Å². The average molecular weight is 390 g/mol. The number of ether oxygens (including phenoxy) is 1. The number of likely N-dealkylation sites (tertiary alicyclic amines) is 1. The Kier molecular flexibility index (Phi) is 6.70. The van der Waals surface area contributed by atoms with Crippen LogP contribution < -0.4 is 10.6 Å². The van der Waals surface area contributed by atoms with Gasteiger partial charge in [-0.2, -0.15) is 0 Å². The lowest BCUT2D eigenvalue weighted by atomic mass is 9.85. The fraction of sp³-hybridized carbons (Fsp3) is 0.700. The van der Waals surface area contributed by atoms with Gasteiger partial charge in [0.15, 0.2) is 5.96 Å². The Bertz CT molecular complexity index is 645. The summed E-state index contributed by atoms with van der Waals surface area (Å²) in [5, 5.41) is 6.34. The molecule has 2 fully saturated rings. The van der Waals surface area contributed by atoms with Crippen LogP contribution in [0.15, 0.2) is 17.1 Å². The molecular formula is C20H30N4O4. The molecule has 4 unspecified atom stereocenters. The zero-order valence-corrected chi connectivity index (χ0v) is 16.6. The van der Waals surface area contributed by atoms with E-state index in [-0.39, 0.29) is 41.5 Å². The number of hydrogen-bond acceptors (Lipinski definition) is 5. The first kappa shape index (κ1) is 20.4. The van der Waals surface area contributed by atoms with E-state index in [9.17, 15) is 14.4 Å². The zero-order chi connectivity index (χ0) is 20.1. The standard InChI is InChI=1S/C20H30N4O4/c1-3-21-20(22-9-5-4-6-15(25)28-2)23-10-11-24-18(26)16-13-7-8-14(12-13)17(16)19(24)27/h7-8,13-14,16-17H,3-6,9-12H2,1-2H3,(H2,21,22,23). The molecule has 0 aromatic carbocycles. The molecule has 2 aliphatic carbocycles. The van der Waals surface area contributed by atoms with Crippen molar-refractivity contribution in [3.8, 4) is 0 Å².